The number of piperazine rings is 1. The standard InChI is InChI=1S/C13H16F4N2O2S.ClH/c1-8-9(2)19(6-5-18-8)22(20,21)10-3-4-12(14)11(7-10)13(15,16)17;/h3-4,7-9,18H,5-6H2,1-2H3;1H. The third kappa shape index (κ3) is 3.96. The average molecular weight is 377 g/mol. The van der Waals surface area contributed by atoms with Crippen molar-refractivity contribution in [1.29, 1.82) is 0 Å². The van der Waals surface area contributed by atoms with Crippen LogP contribution in [0.25, 0.3) is 0 Å². The van der Waals surface area contributed by atoms with Crippen LogP contribution in [-0.4, -0.2) is 37.9 Å². The van der Waals surface area contributed by atoms with Crippen LogP contribution in [0.4, 0.5) is 17.6 Å². The fourth-order valence-corrected chi connectivity index (χ4v) is 4.11. The summed E-state index contributed by atoms with van der Waals surface area (Å²) in [6.45, 7) is 4.01. The lowest BCUT2D eigenvalue weighted by molar-refractivity contribution is -0.140. The number of alkyl halides is 3. The Morgan fingerprint density at radius 1 is 1.26 bits per heavy atom. The molecule has 1 fully saturated rings. The Bertz CT molecular complexity index is 666. The fraction of sp³-hybridized carbons (Fsp3) is 0.538. The molecular formula is C13H17ClF4N2O2S. The molecule has 10 heteroatoms. The Balaban J connectivity index is 0.00000264. The van der Waals surface area contributed by atoms with Gasteiger partial charge in [0.15, 0.2) is 0 Å². The number of nitrogens with zero attached hydrogens (tertiary/aromatic N) is 1. The number of hydrogen-bond donors (Lipinski definition) is 1. The van der Waals surface area contributed by atoms with Gasteiger partial charge in [0.05, 0.1) is 10.5 Å². The molecule has 0 saturated carbocycles. The predicted octanol–water partition coefficient (Wildman–Crippen LogP) is 2.64. The van der Waals surface area contributed by atoms with Crippen LogP contribution in [0.15, 0.2) is 23.1 Å². The van der Waals surface area contributed by atoms with E-state index in [1.165, 1.54) is 0 Å². The van der Waals surface area contributed by atoms with Crippen LogP contribution in [0.1, 0.15) is 19.4 Å². The summed E-state index contributed by atoms with van der Waals surface area (Å²) in [6.07, 6.45) is -4.95. The Morgan fingerprint density at radius 3 is 2.43 bits per heavy atom. The van der Waals surface area contributed by atoms with Gasteiger partial charge in [0.1, 0.15) is 5.82 Å². The molecule has 0 amide bonds. The van der Waals surface area contributed by atoms with Gasteiger partial charge < -0.3 is 5.32 Å². The van der Waals surface area contributed by atoms with Gasteiger partial charge in [-0.15, -0.1) is 12.4 Å². The van der Waals surface area contributed by atoms with E-state index in [-0.39, 0.29) is 25.0 Å². The minimum atomic E-state index is -4.95. The van der Waals surface area contributed by atoms with Crippen LogP contribution in [-0.2, 0) is 16.2 Å². The van der Waals surface area contributed by atoms with Crippen LogP contribution in [0.2, 0.25) is 0 Å². The van der Waals surface area contributed by atoms with E-state index >= 15 is 0 Å². The van der Waals surface area contributed by atoms with Gasteiger partial charge >= 0.3 is 6.18 Å². The lowest BCUT2D eigenvalue weighted by Crippen LogP contribution is -2.57. The quantitative estimate of drug-likeness (QED) is 0.807. The zero-order valence-electron chi connectivity index (χ0n) is 12.4. The van der Waals surface area contributed by atoms with Crippen molar-refractivity contribution >= 4 is 22.4 Å². The summed E-state index contributed by atoms with van der Waals surface area (Å²) >= 11 is 0. The molecule has 0 radical (unpaired) electrons. The molecule has 0 aliphatic carbocycles. The van der Waals surface area contributed by atoms with Gasteiger partial charge in [-0.3, -0.25) is 0 Å². The van der Waals surface area contributed by atoms with Crippen LogP contribution in [0, 0.1) is 5.82 Å². The Morgan fingerprint density at radius 2 is 1.87 bits per heavy atom. The van der Waals surface area contributed by atoms with Crippen molar-refractivity contribution in [3.05, 3.63) is 29.6 Å². The van der Waals surface area contributed by atoms with E-state index in [1.54, 1.807) is 13.8 Å². The summed E-state index contributed by atoms with van der Waals surface area (Å²) in [5.74, 6) is -1.49. The lowest BCUT2D eigenvalue weighted by Gasteiger charge is -2.37. The molecule has 1 aromatic carbocycles. The highest BCUT2D eigenvalue weighted by atomic mass is 35.5. The second-order valence-electron chi connectivity index (χ2n) is 5.24. The van der Waals surface area contributed by atoms with Gasteiger partial charge in [-0.05, 0) is 32.0 Å². The first kappa shape index (κ1) is 20.1. The molecule has 1 aliphatic rings. The zero-order valence-corrected chi connectivity index (χ0v) is 14.0. The number of hydrogen-bond acceptors (Lipinski definition) is 3. The van der Waals surface area contributed by atoms with Crippen LogP contribution < -0.4 is 5.32 Å². The molecule has 132 valence electrons. The van der Waals surface area contributed by atoms with E-state index in [0.717, 1.165) is 10.4 Å². The highest BCUT2D eigenvalue weighted by Crippen LogP contribution is 2.33. The van der Waals surface area contributed by atoms with Crippen LogP contribution >= 0.6 is 12.4 Å². The first-order valence-corrected chi connectivity index (χ1v) is 8.11. The van der Waals surface area contributed by atoms with Gasteiger partial charge in [0, 0.05) is 25.2 Å². The van der Waals surface area contributed by atoms with Crippen molar-refractivity contribution in [1.82, 2.24) is 9.62 Å². The first-order valence-electron chi connectivity index (χ1n) is 6.67. The maximum atomic E-state index is 13.3. The number of benzene rings is 1. The van der Waals surface area contributed by atoms with E-state index in [1.807, 2.05) is 0 Å². The summed E-state index contributed by atoms with van der Waals surface area (Å²) in [5.41, 5.74) is -1.58. The maximum absolute atomic E-state index is 13.3. The van der Waals surface area contributed by atoms with Crippen LogP contribution in [0.3, 0.4) is 0 Å². The van der Waals surface area contributed by atoms with E-state index in [4.69, 9.17) is 0 Å². The highest BCUT2D eigenvalue weighted by Gasteiger charge is 2.38. The Kier molecular flexibility index (Phi) is 6.06. The van der Waals surface area contributed by atoms with E-state index in [2.05, 4.69) is 5.32 Å². The van der Waals surface area contributed by atoms with Crippen molar-refractivity contribution in [3.8, 4) is 0 Å². The number of nitrogens with one attached hydrogen (secondary N) is 1. The monoisotopic (exact) mass is 376 g/mol. The molecule has 4 nitrogen and oxygen atoms in total. The molecule has 1 heterocycles. The van der Waals surface area contributed by atoms with Gasteiger partial charge in [0.2, 0.25) is 10.0 Å². The molecule has 0 bridgehead atoms. The smallest absolute Gasteiger partial charge is 0.311 e. The molecule has 2 atom stereocenters. The summed E-state index contributed by atoms with van der Waals surface area (Å²) < 4.78 is 77.7. The zero-order chi connectivity index (χ0) is 16.7. The average Bonchev–Trinajstić information content (AvgIpc) is 2.40. The predicted molar refractivity (Wildman–Crippen MR) is 79.5 cm³/mol. The van der Waals surface area contributed by atoms with Crippen LogP contribution in [0.5, 0.6) is 0 Å². The molecule has 23 heavy (non-hydrogen) atoms. The molecule has 1 N–H and O–H groups in total. The lowest BCUT2D eigenvalue weighted by atomic mass is 10.1. The van der Waals surface area contributed by atoms with Gasteiger partial charge in [-0.2, -0.15) is 17.5 Å². The molecule has 1 saturated heterocycles. The largest absolute Gasteiger partial charge is 0.419 e. The molecule has 1 aliphatic heterocycles. The van der Waals surface area contributed by atoms with Gasteiger partial charge in [-0.25, -0.2) is 12.8 Å². The summed E-state index contributed by atoms with van der Waals surface area (Å²) in [5, 5.41) is 3.08. The van der Waals surface area contributed by atoms with E-state index in [0.29, 0.717) is 18.7 Å². The molecular weight excluding hydrogens is 360 g/mol. The van der Waals surface area contributed by atoms with Crippen molar-refractivity contribution < 1.29 is 26.0 Å². The molecule has 0 aromatic heterocycles. The topological polar surface area (TPSA) is 49.4 Å². The van der Waals surface area contributed by atoms with Gasteiger partial charge in [0.25, 0.3) is 0 Å². The Hall–Kier alpha value is -0.900. The van der Waals surface area contributed by atoms with Crippen molar-refractivity contribution in [2.75, 3.05) is 13.1 Å². The molecule has 2 rings (SSSR count). The second kappa shape index (κ2) is 6.92. The SMILES string of the molecule is CC1NCCN(S(=O)(=O)c2ccc(F)c(C(F)(F)F)c2)C1C.Cl. The summed E-state index contributed by atoms with van der Waals surface area (Å²) in [7, 11) is -4.12. The molecule has 2 unspecified atom stereocenters. The first-order chi connectivity index (χ1) is 10.0. The third-order valence-electron chi connectivity index (χ3n) is 3.83. The summed E-state index contributed by atoms with van der Waals surface area (Å²) in [4.78, 5) is -0.554. The van der Waals surface area contributed by atoms with Crippen molar-refractivity contribution in [2.24, 2.45) is 0 Å². The maximum Gasteiger partial charge on any atom is 0.419 e. The number of sulfonamides is 1. The highest BCUT2D eigenvalue weighted by molar-refractivity contribution is 7.89. The fourth-order valence-electron chi connectivity index (χ4n) is 2.38. The van der Waals surface area contributed by atoms with E-state index in [9.17, 15) is 26.0 Å². The minimum Gasteiger partial charge on any atom is -0.311 e. The minimum absolute atomic E-state index is 0. The molecule has 0 spiro atoms. The molecule has 1 aromatic rings. The van der Waals surface area contributed by atoms with E-state index < -0.39 is 38.5 Å². The number of rotatable bonds is 2. The van der Waals surface area contributed by atoms with Gasteiger partial charge in [-0.1, -0.05) is 0 Å². The third-order valence-corrected chi connectivity index (χ3v) is 5.81. The second-order valence-corrected chi connectivity index (χ2v) is 7.13. The van der Waals surface area contributed by atoms with Crippen molar-refractivity contribution in [2.45, 2.75) is 37.0 Å². The summed E-state index contributed by atoms with van der Waals surface area (Å²) in [6, 6.07) is 1.19. The normalized spacial score (nSPS) is 23.4. The Labute approximate surface area is 138 Å². The van der Waals surface area contributed by atoms with Crippen molar-refractivity contribution in [3.63, 3.8) is 0 Å². The number of halogens is 5.